The lowest BCUT2D eigenvalue weighted by Crippen LogP contribution is -2.22. The van der Waals surface area contributed by atoms with Gasteiger partial charge in [-0.3, -0.25) is 0 Å². The van der Waals surface area contributed by atoms with Crippen molar-refractivity contribution in [3.8, 4) is 0 Å². The summed E-state index contributed by atoms with van der Waals surface area (Å²) in [4.78, 5) is 2.78. The molecule has 0 saturated carbocycles. The second-order valence-corrected chi connectivity index (χ2v) is 7.18. The fourth-order valence-corrected chi connectivity index (χ4v) is 3.70. The number of rotatable bonds is 4. The van der Waals surface area contributed by atoms with Gasteiger partial charge in [0.25, 0.3) is 0 Å². The van der Waals surface area contributed by atoms with Gasteiger partial charge in [0.2, 0.25) is 0 Å². The first-order valence-electron chi connectivity index (χ1n) is 6.59. The van der Waals surface area contributed by atoms with E-state index in [0.29, 0.717) is 0 Å². The standard InChI is InChI=1S/C16H20BrNS/c1-5-18-16(14-8-11(3)19-12(14)4)13-7-6-10(2)15(17)9-13/h6-9,16,18H,5H2,1-4H3. The van der Waals surface area contributed by atoms with Crippen LogP contribution in [0.5, 0.6) is 0 Å². The number of halogens is 1. The zero-order valence-electron chi connectivity index (χ0n) is 11.9. The molecule has 0 aliphatic heterocycles. The minimum Gasteiger partial charge on any atom is -0.306 e. The number of hydrogen-bond donors (Lipinski definition) is 1. The van der Waals surface area contributed by atoms with Crippen molar-refractivity contribution in [2.24, 2.45) is 0 Å². The van der Waals surface area contributed by atoms with E-state index in [9.17, 15) is 0 Å². The lowest BCUT2D eigenvalue weighted by molar-refractivity contribution is 0.629. The van der Waals surface area contributed by atoms with Gasteiger partial charge in [0.1, 0.15) is 0 Å². The SMILES string of the molecule is CCNC(c1ccc(C)c(Br)c1)c1cc(C)sc1C. The van der Waals surface area contributed by atoms with E-state index < -0.39 is 0 Å². The lowest BCUT2D eigenvalue weighted by Gasteiger charge is -2.19. The molecule has 1 nitrogen and oxygen atoms in total. The van der Waals surface area contributed by atoms with Crippen molar-refractivity contribution in [2.45, 2.75) is 33.7 Å². The molecule has 1 atom stereocenters. The van der Waals surface area contributed by atoms with Gasteiger partial charge >= 0.3 is 0 Å². The van der Waals surface area contributed by atoms with Crippen LogP contribution in [0.25, 0.3) is 0 Å². The molecule has 1 aromatic carbocycles. The molecule has 0 fully saturated rings. The monoisotopic (exact) mass is 337 g/mol. The second-order valence-electron chi connectivity index (χ2n) is 4.87. The van der Waals surface area contributed by atoms with Gasteiger partial charge in [0.05, 0.1) is 6.04 Å². The molecule has 0 saturated heterocycles. The molecule has 0 amide bonds. The first-order chi connectivity index (χ1) is 9.02. The van der Waals surface area contributed by atoms with Crippen LogP contribution in [-0.4, -0.2) is 6.54 Å². The minimum atomic E-state index is 0.284. The molecule has 1 unspecified atom stereocenters. The summed E-state index contributed by atoms with van der Waals surface area (Å²) in [7, 11) is 0. The Labute approximate surface area is 128 Å². The second kappa shape index (κ2) is 6.21. The average Bonchev–Trinajstić information content (AvgIpc) is 2.69. The van der Waals surface area contributed by atoms with E-state index in [1.54, 1.807) is 0 Å². The molecule has 0 radical (unpaired) electrons. The Bertz CT molecular complexity index is 574. The molecule has 1 heterocycles. The summed E-state index contributed by atoms with van der Waals surface area (Å²) in [5, 5.41) is 3.60. The Morgan fingerprint density at radius 3 is 2.47 bits per heavy atom. The maximum Gasteiger partial charge on any atom is 0.0588 e. The van der Waals surface area contributed by atoms with Crippen LogP contribution < -0.4 is 5.32 Å². The van der Waals surface area contributed by atoms with E-state index in [1.807, 2.05) is 11.3 Å². The highest BCUT2D eigenvalue weighted by Gasteiger charge is 2.17. The molecule has 102 valence electrons. The van der Waals surface area contributed by atoms with E-state index in [4.69, 9.17) is 0 Å². The van der Waals surface area contributed by atoms with Gasteiger partial charge in [0.15, 0.2) is 0 Å². The summed E-state index contributed by atoms with van der Waals surface area (Å²) >= 11 is 5.51. The fourth-order valence-electron chi connectivity index (χ4n) is 2.34. The molecule has 0 spiro atoms. The normalized spacial score (nSPS) is 12.7. The van der Waals surface area contributed by atoms with Gasteiger partial charge in [-0.2, -0.15) is 0 Å². The zero-order chi connectivity index (χ0) is 14.0. The quantitative estimate of drug-likeness (QED) is 0.814. The zero-order valence-corrected chi connectivity index (χ0v) is 14.3. The number of nitrogens with one attached hydrogen (secondary N) is 1. The van der Waals surface area contributed by atoms with Crippen molar-refractivity contribution >= 4 is 27.3 Å². The summed E-state index contributed by atoms with van der Waals surface area (Å²) in [5.74, 6) is 0. The third kappa shape index (κ3) is 3.28. The summed E-state index contributed by atoms with van der Waals surface area (Å²) in [6.07, 6.45) is 0. The van der Waals surface area contributed by atoms with Crippen molar-refractivity contribution in [2.75, 3.05) is 6.54 Å². The van der Waals surface area contributed by atoms with E-state index in [2.05, 4.69) is 73.2 Å². The van der Waals surface area contributed by atoms with Crippen LogP contribution in [0.2, 0.25) is 0 Å². The first-order valence-corrected chi connectivity index (χ1v) is 8.20. The van der Waals surface area contributed by atoms with E-state index in [1.165, 1.54) is 30.9 Å². The maximum absolute atomic E-state index is 3.64. The van der Waals surface area contributed by atoms with Crippen LogP contribution in [0.1, 0.15) is 39.4 Å². The van der Waals surface area contributed by atoms with Gasteiger partial charge in [0, 0.05) is 14.2 Å². The molecule has 0 aliphatic rings. The van der Waals surface area contributed by atoms with Gasteiger partial charge in [-0.05, 0) is 56.1 Å². The molecule has 0 bridgehead atoms. The number of hydrogen-bond acceptors (Lipinski definition) is 2. The number of thiophene rings is 1. The Kier molecular flexibility index (Phi) is 4.82. The van der Waals surface area contributed by atoms with Crippen molar-refractivity contribution in [1.82, 2.24) is 5.32 Å². The summed E-state index contributed by atoms with van der Waals surface area (Å²) < 4.78 is 1.18. The van der Waals surface area contributed by atoms with Crippen LogP contribution in [0.15, 0.2) is 28.7 Å². The largest absolute Gasteiger partial charge is 0.306 e. The topological polar surface area (TPSA) is 12.0 Å². The Morgan fingerprint density at radius 2 is 1.95 bits per heavy atom. The highest BCUT2D eigenvalue weighted by molar-refractivity contribution is 9.10. The summed E-state index contributed by atoms with van der Waals surface area (Å²) in [5.41, 5.74) is 4.00. The minimum absolute atomic E-state index is 0.284. The highest BCUT2D eigenvalue weighted by atomic mass is 79.9. The third-order valence-electron chi connectivity index (χ3n) is 3.33. The van der Waals surface area contributed by atoms with Gasteiger partial charge in [-0.1, -0.05) is 35.0 Å². The van der Waals surface area contributed by atoms with E-state index >= 15 is 0 Å². The molecule has 3 heteroatoms. The Balaban J connectivity index is 2.44. The van der Waals surface area contributed by atoms with Crippen LogP contribution >= 0.6 is 27.3 Å². The molecular weight excluding hydrogens is 318 g/mol. The molecule has 0 aliphatic carbocycles. The first kappa shape index (κ1) is 14.8. The Morgan fingerprint density at radius 1 is 1.21 bits per heavy atom. The van der Waals surface area contributed by atoms with Crippen molar-refractivity contribution in [3.05, 3.63) is 55.2 Å². The highest BCUT2D eigenvalue weighted by Crippen LogP contribution is 2.32. The molecule has 1 N–H and O–H groups in total. The van der Waals surface area contributed by atoms with Crippen LogP contribution in [0, 0.1) is 20.8 Å². The van der Waals surface area contributed by atoms with Gasteiger partial charge in [-0.25, -0.2) is 0 Å². The lowest BCUT2D eigenvalue weighted by atomic mass is 9.98. The van der Waals surface area contributed by atoms with Crippen molar-refractivity contribution in [1.29, 1.82) is 0 Å². The van der Waals surface area contributed by atoms with Gasteiger partial charge < -0.3 is 5.32 Å². The fraction of sp³-hybridized carbons (Fsp3) is 0.375. The van der Waals surface area contributed by atoms with Crippen LogP contribution in [0.4, 0.5) is 0 Å². The van der Waals surface area contributed by atoms with Gasteiger partial charge in [-0.15, -0.1) is 11.3 Å². The predicted molar refractivity (Wildman–Crippen MR) is 88.2 cm³/mol. The average molecular weight is 338 g/mol. The molecule has 2 rings (SSSR count). The molecular formula is C16H20BrNS. The Hall–Kier alpha value is -0.640. The van der Waals surface area contributed by atoms with Crippen LogP contribution in [0.3, 0.4) is 0 Å². The molecule has 19 heavy (non-hydrogen) atoms. The third-order valence-corrected chi connectivity index (χ3v) is 5.16. The predicted octanol–water partition coefficient (Wildman–Crippen LogP) is 5.13. The number of benzene rings is 1. The van der Waals surface area contributed by atoms with Crippen molar-refractivity contribution in [3.63, 3.8) is 0 Å². The van der Waals surface area contributed by atoms with Crippen molar-refractivity contribution < 1.29 is 0 Å². The smallest absolute Gasteiger partial charge is 0.0588 e. The van der Waals surface area contributed by atoms with Crippen LogP contribution in [-0.2, 0) is 0 Å². The number of aryl methyl sites for hydroxylation is 3. The van der Waals surface area contributed by atoms with E-state index in [0.717, 1.165) is 6.54 Å². The molecule has 1 aromatic heterocycles. The molecule has 2 aromatic rings. The van der Waals surface area contributed by atoms with E-state index in [-0.39, 0.29) is 6.04 Å². The summed E-state index contributed by atoms with van der Waals surface area (Å²) in [6.45, 7) is 9.63. The maximum atomic E-state index is 3.64. The summed E-state index contributed by atoms with van der Waals surface area (Å²) in [6, 6.07) is 9.22.